The molecule has 0 bridgehead atoms. The van der Waals surface area contributed by atoms with Gasteiger partial charge in [-0.25, -0.2) is 0 Å². The molecule has 17 heavy (non-hydrogen) atoms. The molecule has 0 aromatic heterocycles. The molecule has 2 heterocycles. The maximum Gasteiger partial charge on any atom is 0.232 e. The molecule has 0 spiro atoms. The van der Waals surface area contributed by atoms with E-state index < -0.39 is 0 Å². The molecule has 0 radical (unpaired) electrons. The van der Waals surface area contributed by atoms with E-state index in [2.05, 4.69) is 17.1 Å². The number of amides is 1. The molecule has 2 fully saturated rings. The SMILES string of the molecule is CC1CSCCN1C(=O)CSC1CCNCC1. The van der Waals surface area contributed by atoms with Gasteiger partial charge in [0.25, 0.3) is 0 Å². The first-order valence-corrected chi connectivity index (χ1v) is 8.67. The Morgan fingerprint density at radius 3 is 2.94 bits per heavy atom. The fraction of sp³-hybridized carbons (Fsp3) is 0.917. The van der Waals surface area contributed by atoms with Gasteiger partial charge in [0.2, 0.25) is 5.91 Å². The lowest BCUT2D eigenvalue weighted by molar-refractivity contribution is -0.129. The lowest BCUT2D eigenvalue weighted by Crippen LogP contribution is -2.45. The summed E-state index contributed by atoms with van der Waals surface area (Å²) in [6.45, 7) is 5.34. The molecule has 0 saturated carbocycles. The predicted octanol–water partition coefficient (Wildman–Crippen LogP) is 1.44. The van der Waals surface area contributed by atoms with E-state index >= 15 is 0 Å². The Morgan fingerprint density at radius 2 is 2.24 bits per heavy atom. The largest absolute Gasteiger partial charge is 0.338 e. The Hall–Kier alpha value is 0.130. The molecule has 1 unspecified atom stereocenters. The maximum atomic E-state index is 12.1. The van der Waals surface area contributed by atoms with E-state index in [1.54, 1.807) is 0 Å². The highest BCUT2D eigenvalue weighted by Gasteiger charge is 2.24. The normalized spacial score (nSPS) is 27.1. The average Bonchev–Trinajstić information content (AvgIpc) is 2.38. The average molecular weight is 274 g/mol. The molecule has 2 saturated heterocycles. The van der Waals surface area contributed by atoms with E-state index in [1.807, 2.05) is 23.5 Å². The van der Waals surface area contributed by atoms with Crippen LogP contribution in [0.1, 0.15) is 19.8 Å². The van der Waals surface area contributed by atoms with Gasteiger partial charge in [0.05, 0.1) is 5.75 Å². The van der Waals surface area contributed by atoms with Crippen LogP contribution in [0.5, 0.6) is 0 Å². The van der Waals surface area contributed by atoms with Crippen LogP contribution in [0.15, 0.2) is 0 Å². The van der Waals surface area contributed by atoms with Crippen LogP contribution in [0.2, 0.25) is 0 Å². The highest BCUT2D eigenvalue weighted by Crippen LogP contribution is 2.22. The van der Waals surface area contributed by atoms with Gasteiger partial charge in [-0.3, -0.25) is 4.79 Å². The fourth-order valence-electron chi connectivity index (χ4n) is 2.33. The summed E-state index contributed by atoms with van der Waals surface area (Å²) in [7, 11) is 0. The zero-order valence-corrected chi connectivity index (χ0v) is 12.1. The van der Waals surface area contributed by atoms with Crippen molar-refractivity contribution < 1.29 is 4.79 Å². The van der Waals surface area contributed by atoms with Crippen molar-refractivity contribution in [3.8, 4) is 0 Å². The quantitative estimate of drug-likeness (QED) is 0.844. The number of hydrogen-bond donors (Lipinski definition) is 1. The van der Waals surface area contributed by atoms with Gasteiger partial charge in [-0.1, -0.05) is 0 Å². The second-order valence-corrected chi connectivity index (χ2v) is 7.21. The third kappa shape index (κ3) is 4.07. The minimum absolute atomic E-state index is 0.348. The molecule has 0 aromatic carbocycles. The number of carbonyl (C=O) groups excluding carboxylic acids is 1. The van der Waals surface area contributed by atoms with Gasteiger partial charge < -0.3 is 10.2 Å². The maximum absolute atomic E-state index is 12.1. The molecule has 2 aliphatic heterocycles. The summed E-state index contributed by atoms with van der Waals surface area (Å²) in [4.78, 5) is 14.2. The monoisotopic (exact) mass is 274 g/mol. The van der Waals surface area contributed by atoms with Gasteiger partial charge in [0.15, 0.2) is 0 Å². The van der Waals surface area contributed by atoms with Crippen molar-refractivity contribution in [1.29, 1.82) is 0 Å². The Balaban J connectivity index is 1.72. The third-order valence-electron chi connectivity index (χ3n) is 3.42. The second-order valence-electron chi connectivity index (χ2n) is 4.77. The van der Waals surface area contributed by atoms with Crippen LogP contribution >= 0.6 is 23.5 Å². The Kier molecular flexibility index (Phi) is 5.50. The van der Waals surface area contributed by atoms with Crippen molar-refractivity contribution >= 4 is 29.4 Å². The standard InChI is InChI=1S/C12H22N2OS2/c1-10-8-16-7-6-14(10)12(15)9-17-11-2-4-13-5-3-11/h10-11,13H,2-9H2,1H3. The number of nitrogens with one attached hydrogen (secondary N) is 1. The zero-order chi connectivity index (χ0) is 12.1. The van der Waals surface area contributed by atoms with E-state index in [9.17, 15) is 4.79 Å². The highest BCUT2D eigenvalue weighted by molar-refractivity contribution is 8.00. The van der Waals surface area contributed by atoms with Crippen molar-refractivity contribution in [3.63, 3.8) is 0 Å². The van der Waals surface area contributed by atoms with Crippen LogP contribution < -0.4 is 5.32 Å². The topological polar surface area (TPSA) is 32.3 Å². The number of piperidine rings is 1. The van der Waals surface area contributed by atoms with Crippen molar-refractivity contribution in [2.45, 2.75) is 31.1 Å². The van der Waals surface area contributed by atoms with Gasteiger partial charge in [-0.15, -0.1) is 11.8 Å². The van der Waals surface area contributed by atoms with Gasteiger partial charge in [0.1, 0.15) is 0 Å². The first kappa shape index (κ1) is 13.6. The van der Waals surface area contributed by atoms with Gasteiger partial charge in [0, 0.05) is 29.3 Å². The van der Waals surface area contributed by atoms with Crippen LogP contribution in [0, 0.1) is 0 Å². The van der Waals surface area contributed by atoms with E-state index in [4.69, 9.17) is 0 Å². The lowest BCUT2D eigenvalue weighted by Gasteiger charge is -2.33. The fourth-order valence-corrected chi connectivity index (χ4v) is 4.46. The predicted molar refractivity (Wildman–Crippen MR) is 76.8 cm³/mol. The van der Waals surface area contributed by atoms with Crippen LogP contribution in [0.3, 0.4) is 0 Å². The van der Waals surface area contributed by atoms with Crippen LogP contribution in [-0.2, 0) is 4.79 Å². The molecule has 5 heteroatoms. The van der Waals surface area contributed by atoms with E-state index in [1.165, 1.54) is 12.8 Å². The smallest absolute Gasteiger partial charge is 0.232 e. The molecular weight excluding hydrogens is 252 g/mol. The number of rotatable bonds is 3. The summed E-state index contributed by atoms with van der Waals surface area (Å²) < 4.78 is 0. The Bertz CT molecular complexity index is 257. The Morgan fingerprint density at radius 1 is 1.47 bits per heavy atom. The summed E-state index contributed by atoms with van der Waals surface area (Å²) in [5.41, 5.74) is 0. The van der Waals surface area contributed by atoms with Crippen LogP contribution in [0.25, 0.3) is 0 Å². The number of carbonyl (C=O) groups is 1. The molecule has 1 amide bonds. The number of thioether (sulfide) groups is 2. The van der Waals surface area contributed by atoms with E-state index in [0.29, 0.717) is 23.0 Å². The first-order valence-electron chi connectivity index (χ1n) is 6.47. The molecular formula is C12H22N2OS2. The van der Waals surface area contributed by atoms with Crippen LogP contribution in [-0.4, -0.2) is 59.0 Å². The summed E-state index contributed by atoms with van der Waals surface area (Å²) in [6.07, 6.45) is 2.42. The summed E-state index contributed by atoms with van der Waals surface area (Å²) in [6, 6.07) is 0.426. The minimum Gasteiger partial charge on any atom is -0.338 e. The summed E-state index contributed by atoms with van der Waals surface area (Å²) in [5.74, 6) is 3.23. The lowest BCUT2D eigenvalue weighted by atomic mass is 10.2. The van der Waals surface area contributed by atoms with Crippen molar-refractivity contribution in [1.82, 2.24) is 10.2 Å². The Labute approximate surface area is 112 Å². The molecule has 98 valence electrons. The third-order valence-corrected chi connectivity index (χ3v) is 5.96. The zero-order valence-electron chi connectivity index (χ0n) is 10.5. The second kappa shape index (κ2) is 6.90. The minimum atomic E-state index is 0.348. The van der Waals surface area contributed by atoms with Gasteiger partial charge >= 0.3 is 0 Å². The molecule has 3 nitrogen and oxygen atoms in total. The van der Waals surface area contributed by atoms with E-state index in [0.717, 1.165) is 31.1 Å². The van der Waals surface area contributed by atoms with Gasteiger partial charge in [-0.2, -0.15) is 11.8 Å². The van der Waals surface area contributed by atoms with Crippen molar-refractivity contribution in [2.75, 3.05) is 36.9 Å². The molecule has 2 aliphatic rings. The number of nitrogens with zero attached hydrogens (tertiary/aromatic N) is 1. The first-order chi connectivity index (χ1) is 8.27. The molecule has 0 aliphatic carbocycles. The van der Waals surface area contributed by atoms with Crippen molar-refractivity contribution in [3.05, 3.63) is 0 Å². The molecule has 2 rings (SSSR count). The van der Waals surface area contributed by atoms with E-state index in [-0.39, 0.29) is 0 Å². The van der Waals surface area contributed by atoms with Crippen molar-refractivity contribution in [2.24, 2.45) is 0 Å². The van der Waals surface area contributed by atoms with Crippen LogP contribution in [0.4, 0.5) is 0 Å². The summed E-state index contributed by atoms with van der Waals surface area (Å²) >= 11 is 3.82. The molecule has 1 atom stereocenters. The number of hydrogen-bond acceptors (Lipinski definition) is 4. The summed E-state index contributed by atoms with van der Waals surface area (Å²) in [5, 5.41) is 4.05. The molecule has 1 N–H and O–H groups in total. The highest BCUT2D eigenvalue weighted by atomic mass is 32.2. The molecule has 0 aromatic rings. The van der Waals surface area contributed by atoms with Gasteiger partial charge in [-0.05, 0) is 32.9 Å².